The van der Waals surface area contributed by atoms with Gasteiger partial charge in [-0.1, -0.05) is 6.92 Å². The molecule has 0 N–H and O–H groups in total. The normalized spacial score (nSPS) is 18.3. The Hall–Kier alpha value is -0.700. The van der Waals surface area contributed by atoms with Crippen molar-refractivity contribution in [3.63, 3.8) is 0 Å². The molecule has 100 valence electrons. The van der Waals surface area contributed by atoms with Gasteiger partial charge >= 0.3 is 5.97 Å². The molecule has 0 aliphatic carbocycles. The average molecular weight is 266 g/mol. The summed E-state index contributed by atoms with van der Waals surface area (Å²) in [6.07, 6.45) is 0. The predicted octanol–water partition coefficient (Wildman–Crippen LogP) is -0.942. The molecule has 0 saturated carbocycles. The van der Waals surface area contributed by atoms with Crippen molar-refractivity contribution in [2.75, 3.05) is 46.5 Å². The zero-order valence-electron chi connectivity index (χ0n) is 10.1. The van der Waals surface area contributed by atoms with Crippen molar-refractivity contribution in [2.45, 2.75) is 6.92 Å². The molecule has 0 amide bonds. The third kappa shape index (κ3) is 3.63. The molecule has 1 saturated heterocycles. The van der Waals surface area contributed by atoms with Crippen molar-refractivity contribution in [2.24, 2.45) is 0 Å². The number of methoxy groups -OCH3 is 1. The quantitative estimate of drug-likeness (QED) is 0.600. The Labute approximate surface area is 101 Å². The van der Waals surface area contributed by atoms with Crippen LogP contribution in [-0.2, 0) is 24.5 Å². The number of ether oxygens (including phenoxy) is 2. The number of carbonyl (C=O) groups excluding carboxylic acids is 1. The molecule has 0 atom stereocenters. The molecule has 1 heterocycles. The summed E-state index contributed by atoms with van der Waals surface area (Å²) in [5.41, 5.74) is 0. The van der Waals surface area contributed by atoms with Crippen LogP contribution in [0, 0.1) is 0 Å². The Kier molecular flexibility index (Phi) is 5.31. The molecule has 0 aromatic carbocycles. The third-order valence-electron chi connectivity index (χ3n) is 2.51. The van der Waals surface area contributed by atoms with Gasteiger partial charge in [-0.3, -0.25) is 4.79 Å². The molecular weight excluding hydrogens is 248 g/mol. The Morgan fingerprint density at radius 2 is 2.00 bits per heavy atom. The largest absolute Gasteiger partial charge is 0.468 e. The lowest BCUT2D eigenvalue weighted by Crippen LogP contribution is -2.49. The fourth-order valence-corrected chi connectivity index (χ4v) is 3.04. The second-order valence-corrected chi connectivity index (χ2v) is 5.45. The van der Waals surface area contributed by atoms with Crippen LogP contribution < -0.4 is 0 Å². The van der Waals surface area contributed by atoms with Gasteiger partial charge < -0.3 is 9.47 Å². The maximum absolute atomic E-state index is 12.2. The van der Waals surface area contributed by atoms with Crippen molar-refractivity contribution >= 4 is 16.2 Å². The smallest absolute Gasteiger partial charge is 0.321 e. The summed E-state index contributed by atoms with van der Waals surface area (Å²) in [6, 6.07) is 0. The standard InChI is InChI=1S/C9H18N2O5S/c1-3-10(8-9(12)15-2)17(13,14)11-4-6-16-7-5-11/h3-8H2,1-2H3. The van der Waals surface area contributed by atoms with E-state index >= 15 is 0 Å². The topological polar surface area (TPSA) is 76.2 Å². The van der Waals surface area contributed by atoms with Crippen LogP contribution in [0.4, 0.5) is 0 Å². The maximum Gasteiger partial charge on any atom is 0.321 e. The van der Waals surface area contributed by atoms with E-state index < -0.39 is 16.2 Å². The molecule has 0 unspecified atom stereocenters. The van der Waals surface area contributed by atoms with Crippen molar-refractivity contribution in [3.8, 4) is 0 Å². The molecule has 0 aromatic heterocycles. The molecular formula is C9H18N2O5S. The van der Waals surface area contributed by atoms with E-state index in [1.807, 2.05) is 0 Å². The molecule has 0 aromatic rings. The summed E-state index contributed by atoms with van der Waals surface area (Å²) in [6.45, 7) is 3.06. The Morgan fingerprint density at radius 1 is 1.41 bits per heavy atom. The number of hydrogen-bond donors (Lipinski definition) is 0. The summed E-state index contributed by atoms with van der Waals surface area (Å²) in [4.78, 5) is 11.1. The van der Waals surface area contributed by atoms with Crippen molar-refractivity contribution < 1.29 is 22.7 Å². The minimum absolute atomic E-state index is 0.231. The molecule has 0 spiro atoms. The highest BCUT2D eigenvalue weighted by Crippen LogP contribution is 2.10. The maximum atomic E-state index is 12.2. The number of hydrogen-bond acceptors (Lipinski definition) is 5. The van der Waals surface area contributed by atoms with Gasteiger partial charge in [-0.15, -0.1) is 0 Å². The first kappa shape index (κ1) is 14.4. The highest BCUT2D eigenvalue weighted by atomic mass is 32.2. The van der Waals surface area contributed by atoms with Gasteiger partial charge in [0.1, 0.15) is 6.54 Å². The summed E-state index contributed by atoms with van der Waals surface area (Å²) in [5.74, 6) is -0.566. The van der Waals surface area contributed by atoms with Crippen LogP contribution >= 0.6 is 0 Å². The van der Waals surface area contributed by atoms with Crippen LogP contribution in [0.2, 0.25) is 0 Å². The first-order valence-corrected chi connectivity index (χ1v) is 6.81. The number of esters is 1. The molecule has 0 radical (unpaired) electrons. The van der Waals surface area contributed by atoms with Gasteiger partial charge in [0, 0.05) is 19.6 Å². The molecule has 1 aliphatic rings. The zero-order valence-corrected chi connectivity index (χ0v) is 10.9. The first-order chi connectivity index (χ1) is 8.02. The van der Waals surface area contributed by atoms with Crippen LogP contribution in [0.5, 0.6) is 0 Å². The van der Waals surface area contributed by atoms with E-state index in [2.05, 4.69) is 4.74 Å². The molecule has 1 fully saturated rings. The second kappa shape index (κ2) is 6.29. The molecule has 0 bridgehead atoms. The fraction of sp³-hybridized carbons (Fsp3) is 0.889. The second-order valence-electron chi connectivity index (χ2n) is 3.52. The number of morpholine rings is 1. The van der Waals surface area contributed by atoms with E-state index in [0.29, 0.717) is 26.3 Å². The van der Waals surface area contributed by atoms with E-state index in [9.17, 15) is 13.2 Å². The van der Waals surface area contributed by atoms with Gasteiger partial charge in [0.05, 0.1) is 20.3 Å². The fourth-order valence-electron chi connectivity index (χ4n) is 1.51. The van der Waals surface area contributed by atoms with Crippen molar-refractivity contribution in [1.29, 1.82) is 0 Å². The van der Waals surface area contributed by atoms with Crippen molar-refractivity contribution in [1.82, 2.24) is 8.61 Å². The van der Waals surface area contributed by atoms with E-state index in [1.165, 1.54) is 11.4 Å². The van der Waals surface area contributed by atoms with Crippen LogP contribution in [0.1, 0.15) is 6.92 Å². The summed E-state index contributed by atoms with van der Waals surface area (Å²) < 4.78 is 36.3. The van der Waals surface area contributed by atoms with E-state index in [0.717, 1.165) is 4.31 Å². The summed E-state index contributed by atoms with van der Waals surface area (Å²) in [7, 11) is -2.36. The van der Waals surface area contributed by atoms with E-state index in [4.69, 9.17) is 4.74 Å². The van der Waals surface area contributed by atoms with Crippen LogP contribution in [-0.4, -0.2) is 69.5 Å². The monoisotopic (exact) mass is 266 g/mol. The summed E-state index contributed by atoms with van der Waals surface area (Å²) in [5, 5.41) is 0. The van der Waals surface area contributed by atoms with Gasteiger partial charge in [0.15, 0.2) is 0 Å². The zero-order chi connectivity index (χ0) is 12.9. The van der Waals surface area contributed by atoms with Gasteiger partial charge in [-0.25, -0.2) is 0 Å². The van der Waals surface area contributed by atoms with Crippen molar-refractivity contribution in [3.05, 3.63) is 0 Å². The van der Waals surface area contributed by atoms with Crippen LogP contribution in [0.3, 0.4) is 0 Å². The number of carbonyl (C=O) groups is 1. The minimum atomic E-state index is -3.59. The lowest BCUT2D eigenvalue weighted by atomic mass is 10.5. The number of likely N-dealkylation sites (N-methyl/N-ethyl adjacent to an activating group) is 1. The third-order valence-corrected chi connectivity index (χ3v) is 4.57. The number of nitrogens with zero attached hydrogens (tertiary/aromatic N) is 2. The van der Waals surface area contributed by atoms with Gasteiger partial charge in [-0.2, -0.15) is 17.0 Å². The Bertz CT molecular complexity index is 350. The van der Waals surface area contributed by atoms with Gasteiger partial charge in [-0.05, 0) is 0 Å². The number of rotatable bonds is 5. The highest BCUT2D eigenvalue weighted by Gasteiger charge is 2.31. The average Bonchev–Trinajstić information content (AvgIpc) is 2.36. The first-order valence-electron chi connectivity index (χ1n) is 5.42. The van der Waals surface area contributed by atoms with Gasteiger partial charge in [0.2, 0.25) is 0 Å². The predicted molar refractivity (Wildman–Crippen MR) is 60.6 cm³/mol. The lowest BCUT2D eigenvalue weighted by molar-refractivity contribution is -0.140. The molecule has 1 rings (SSSR count). The van der Waals surface area contributed by atoms with Gasteiger partial charge in [0.25, 0.3) is 10.2 Å². The molecule has 17 heavy (non-hydrogen) atoms. The SMILES string of the molecule is CCN(CC(=O)OC)S(=O)(=O)N1CCOCC1. The van der Waals surface area contributed by atoms with E-state index in [1.54, 1.807) is 6.92 Å². The summed E-state index contributed by atoms with van der Waals surface area (Å²) >= 11 is 0. The molecule has 7 nitrogen and oxygen atoms in total. The Balaban J connectivity index is 2.74. The van der Waals surface area contributed by atoms with E-state index in [-0.39, 0.29) is 13.1 Å². The van der Waals surface area contributed by atoms with Crippen LogP contribution in [0.25, 0.3) is 0 Å². The highest BCUT2D eigenvalue weighted by molar-refractivity contribution is 7.86. The molecule has 8 heteroatoms. The lowest BCUT2D eigenvalue weighted by Gasteiger charge is -2.30. The molecule has 1 aliphatic heterocycles. The minimum Gasteiger partial charge on any atom is -0.468 e. The van der Waals surface area contributed by atoms with Crippen LogP contribution in [0.15, 0.2) is 0 Å². The Morgan fingerprint density at radius 3 is 2.47 bits per heavy atom.